The molecule has 0 unspecified atom stereocenters. The van der Waals surface area contributed by atoms with E-state index in [4.69, 9.17) is 37.5 Å². The average Bonchev–Trinajstić information content (AvgIpc) is 1.61. The van der Waals surface area contributed by atoms with Crippen LogP contribution in [0.1, 0.15) is 164 Å². The molecule has 0 radical (unpaired) electrons. The third-order valence-electron chi connectivity index (χ3n) is 28.4. The summed E-state index contributed by atoms with van der Waals surface area (Å²) in [7, 11) is 4.18. The molecule has 4 aromatic carbocycles. The van der Waals surface area contributed by atoms with Crippen molar-refractivity contribution in [3.8, 4) is 66.7 Å². The molecule has 4 aliphatic heterocycles. The van der Waals surface area contributed by atoms with Crippen molar-refractivity contribution in [2.45, 2.75) is 204 Å². The van der Waals surface area contributed by atoms with Gasteiger partial charge in [-0.2, -0.15) is 0 Å². The fourth-order valence-corrected chi connectivity index (χ4v) is 22.0. The molecule has 32 heteroatoms. The van der Waals surface area contributed by atoms with Crippen LogP contribution in [-0.2, 0) is 42.7 Å². The number of nitrogens with one attached hydrogen (secondary N) is 2. The van der Waals surface area contributed by atoms with Crippen LogP contribution >= 0.6 is 22.7 Å². The maximum Gasteiger partial charge on any atom is 0.254 e. The van der Waals surface area contributed by atoms with E-state index in [0.29, 0.717) is 48.3 Å². The second kappa shape index (κ2) is 41.7. The van der Waals surface area contributed by atoms with Crippen LogP contribution < -0.4 is 29.6 Å². The fourth-order valence-electron chi connectivity index (χ4n) is 20.3. The summed E-state index contributed by atoms with van der Waals surface area (Å²) in [6.45, 7) is 21.6. The van der Waals surface area contributed by atoms with Crippen LogP contribution in [0, 0.1) is 25.7 Å². The van der Waals surface area contributed by atoms with E-state index >= 15 is 0 Å². The van der Waals surface area contributed by atoms with Crippen LogP contribution in [0.3, 0.4) is 0 Å². The highest BCUT2D eigenvalue weighted by Crippen LogP contribution is 2.42. The molecule has 4 N–H and O–H groups in total. The number of fused-ring (bicyclic) bond motifs is 6. The molecule has 14 aromatic rings. The van der Waals surface area contributed by atoms with E-state index in [9.17, 15) is 29.4 Å². The van der Waals surface area contributed by atoms with Crippen LogP contribution in [0.2, 0.25) is 0 Å². The highest BCUT2D eigenvalue weighted by atomic mass is 32.1. The van der Waals surface area contributed by atoms with Crippen LogP contribution in [0.5, 0.6) is 23.5 Å². The SMILES string of the molecule is Cc1ncsc1-c1ccc([C@H](C)NC(=O)[C@@H]2C[C@@H](O)CN2C(=O)[C@@H](c2cc(OCCN3CCC(OC4CC(Oc5ccc(-c6ccc7c8cnccc8n(C)c7c6)cn5)C4)CC3)no2)C(C)C)cc1.Cc1ncsc1-c1ccc([C@H](C)NC(=O)[C@@H]2C[C@@H](O)CN2C(=O)[C@H](c2cc(OCCN3CCC(OC4CC(Oc5ccc(-c6ccc7c8cnccc8n(C)c7c6)cn5)C4)CC3)no2)C(C)C)cc1. The number of amides is 4. The number of hydrogen-bond donors (Lipinski definition) is 4. The van der Waals surface area contributed by atoms with E-state index in [1.54, 1.807) is 34.8 Å². The van der Waals surface area contributed by atoms with Crippen LogP contribution in [0.15, 0.2) is 191 Å². The van der Waals surface area contributed by atoms with E-state index in [2.05, 4.69) is 132 Å². The average molecular weight is 1910 g/mol. The van der Waals surface area contributed by atoms with Gasteiger partial charge in [0.15, 0.2) is 11.5 Å². The van der Waals surface area contributed by atoms with Crippen molar-refractivity contribution >= 4 is 89.9 Å². The summed E-state index contributed by atoms with van der Waals surface area (Å²) in [6.07, 6.45) is 18.2. The van der Waals surface area contributed by atoms with Crippen molar-refractivity contribution in [1.29, 1.82) is 0 Å². The zero-order chi connectivity index (χ0) is 95.5. The molecule has 0 spiro atoms. The maximum absolute atomic E-state index is 14.2. The second-order valence-electron chi connectivity index (χ2n) is 38.5. The van der Waals surface area contributed by atoms with Crippen molar-refractivity contribution in [3.05, 3.63) is 216 Å². The molecule has 10 aromatic heterocycles. The first-order valence-electron chi connectivity index (χ1n) is 48.3. The quantitative estimate of drug-likeness (QED) is 0.0304. The predicted molar refractivity (Wildman–Crippen MR) is 528 cm³/mol. The molecule has 720 valence electrons. The van der Waals surface area contributed by atoms with Crippen molar-refractivity contribution in [2.24, 2.45) is 25.9 Å². The Morgan fingerprint density at radius 2 is 0.826 bits per heavy atom. The van der Waals surface area contributed by atoms with Crippen molar-refractivity contribution in [3.63, 3.8) is 0 Å². The topological polar surface area (TPSA) is 340 Å². The van der Waals surface area contributed by atoms with Gasteiger partial charge in [-0.1, -0.05) is 100 Å². The third-order valence-corrected chi connectivity index (χ3v) is 30.3. The van der Waals surface area contributed by atoms with E-state index in [1.807, 2.05) is 176 Å². The Balaban J connectivity index is 0.000000176. The monoisotopic (exact) mass is 1900 g/mol. The molecule has 4 saturated heterocycles. The Labute approximate surface area is 809 Å². The van der Waals surface area contributed by atoms with Crippen LogP contribution in [0.25, 0.3) is 86.7 Å². The summed E-state index contributed by atoms with van der Waals surface area (Å²) in [5.41, 5.74) is 18.6. The Morgan fingerprint density at radius 3 is 1.20 bits per heavy atom. The first kappa shape index (κ1) is 94.6. The Hall–Kier alpha value is -12.4. The first-order chi connectivity index (χ1) is 66.9. The van der Waals surface area contributed by atoms with Gasteiger partial charge in [-0.15, -0.1) is 22.7 Å². The minimum absolute atomic E-state index is 0.0600. The molecule has 2 aliphatic carbocycles. The molecule has 6 aliphatic rings. The molecular weight excluding hydrogens is 1790 g/mol. The van der Waals surface area contributed by atoms with E-state index < -0.39 is 36.1 Å². The summed E-state index contributed by atoms with van der Waals surface area (Å²) >= 11 is 3.19. The number of likely N-dealkylation sites (tertiary alicyclic amines) is 4. The number of pyridine rings is 4. The van der Waals surface area contributed by atoms with Crippen LogP contribution in [0.4, 0.5) is 0 Å². The van der Waals surface area contributed by atoms with Gasteiger partial charge in [0.2, 0.25) is 35.4 Å². The number of nitrogens with zero attached hydrogens (tertiary/aromatic N) is 14. The number of aliphatic hydroxyl groups is 2. The lowest BCUT2D eigenvalue weighted by Crippen LogP contribution is -2.48. The summed E-state index contributed by atoms with van der Waals surface area (Å²) in [6, 6.07) is 42.4. The van der Waals surface area contributed by atoms with E-state index in [0.717, 1.165) is 189 Å². The Morgan fingerprint density at radius 1 is 0.435 bits per heavy atom. The van der Waals surface area contributed by atoms with E-state index in [1.165, 1.54) is 20.6 Å². The molecule has 4 amide bonds. The number of carbonyl (C=O) groups is 4. The molecule has 2 saturated carbocycles. The van der Waals surface area contributed by atoms with Gasteiger partial charge in [0.1, 0.15) is 49.3 Å². The predicted octanol–water partition coefficient (Wildman–Crippen LogP) is 16.5. The van der Waals surface area contributed by atoms with Crippen LogP contribution in [-0.4, -0.2) is 229 Å². The van der Waals surface area contributed by atoms with Gasteiger partial charge in [0, 0.05) is 210 Å². The van der Waals surface area contributed by atoms with Gasteiger partial charge in [0.25, 0.3) is 11.8 Å². The zero-order valence-electron chi connectivity index (χ0n) is 79.6. The molecule has 138 heavy (non-hydrogen) atoms. The highest BCUT2D eigenvalue weighted by molar-refractivity contribution is 7.13. The second-order valence-corrected chi connectivity index (χ2v) is 40.2. The number of hydrogen-bond acceptors (Lipinski definition) is 26. The number of carbonyl (C=O) groups excluding carboxylic acids is 4. The lowest BCUT2D eigenvalue weighted by atomic mass is 9.91. The summed E-state index contributed by atoms with van der Waals surface area (Å²) in [5, 5.41) is 40.6. The minimum Gasteiger partial charge on any atom is -0.474 e. The van der Waals surface area contributed by atoms with Crippen molar-refractivity contribution in [1.82, 2.24) is 79.6 Å². The number of thiazole rings is 2. The molecule has 14 heterocycles. The summed E-state index contributed by atoms with van der Waals surface area (Å²) in [4.78, 5) is 92.4. The number of β-amino-alcohol motifs (C(OH)–C–C–N with tert-alkyl or cyclic N) is 2. The van der Waals surface area contributed by atoms with Gasteiger partial charge in [-0.05, 0) is 145 Å². The number of ether oxygens (including phenoxy) is 6. The molecule has 0 bridgehead atoms. The lowest BCUT2D eigenvalue weighted by Gasteiger charge is -2.39. The van der Waals surface area contributed by atoms with Crippen molar-refractivity contribution in [2.75, 3.05) is 65.6 Å². The highest BCUT2D eigenvalue weighted by Gasteiger charge is 2.47. The lowest BCUT2D eigenvalue weighted by molar-refractivity contribution is -0.141. The summed E-state index contributed by atoms with van der Waals surface area (Å²) < 4.78 is 53.3. The van der Waals surface area contributed by atoms with Gasteiger partial charge in [0.05, 0.1) is 91.9 Å². The minimum atomic E-state index is -0.821. The first-order valence-corrected chi connectivity index (χ1v) is 50.1. The smallest absolute Gasteiger partial charge is 0.254 e. The standard InChI is InChI=1S/2C53H60N8O7S/c2*1-31(2)50(53(64)61-29-38(62)23-46(61)52(63)57-32(3)34-6-8-35(9-7-34)51-33(4)56-30-69-51)47-26-49(58-68-47)65-21-20-60-18-15-39(16-19-60)66-40-24-41(25-40)67-48-13-11-37(27-55-48)36-10-12-42-43-28-54-17-14-44(43)59(5)45(42)22-36/h2*6-14,17,22,26-28,30-32,38-41,46,50,62H,15-16,18-21,23-25,29H2,1-5H3,(H,57,63)/t32-,38+,40?,41?,46-,50+;32-,38+,40?,41?,46-,50-/m00/s1. The van der Waals surface area contributed by atoms with Crippen molar-refractivity contribution < 1.29 is 66.9 Å². The zero-order valence-corrected chi connectivity index (χ0v) is 81.2. The Kier molecular flexibility index (Phi) is 28.6. The number of piperidine rings is 2. The number of aliphatic hydroxyl groups excluding tert-OH is 2. The number of aryl methyl sites for hydroxylation is 4. The normalized spacial score (nSPS) is 20.9. The maximum atomic E-state index is 14.2. The molecule has 20 rings (SSSR count). The van der Waals surface area contributed by atoms with Gasteiger partial charge in [-0.25, -0.2) is 19.9 Å². The molecular formula is C106H120N16O14S2. The molecule has 30 nitrogen and oxygen atoms in total. The number of aromatic nitrogens is 10. The van der Waals surface area contributed by atoms with Gasteiger partial charge < -0.3 is 77.2 Å². The Bertz CT molecular complexity index is 6200. The molecule has 8 atom stereocenters. The number of rotatable bonds is 32. The third kappa shape index (κ3) is 21.0. The summed E-state index contributed by atoms with van der Waals surface area (Å²) in [5.74, 6) is -0.315. The number of benzene rings is 4. The molecule has 6 fully saturated rings. The fraction of sp³-hybridized carbons (Fsp3) is 0.434. The largest absolute Gasteiger partial charge is 0.474 e. The van der Waals surface area contributed by atoms with Gasteiger partial charge in [-0.3, -0.25) is 38.9 Å². The van der Waals surface area contributed by atoms with E-state index in [-0.39, 0.29) is 110 Å². The van der Waals surface area contributed by atoms with Gasteiger partial charge >= 0.3 is 0 Å².